The van der Waals surface area contributed by atoms with Crippen molar-refractivity contribution in [2.24, 2.45) is 5.73 Å². The van der Waals surface area contributed by atoms with E-state index >= 15 is 0 Å². The molecule has 0 aliphatic heterocycles. The number of nitrogens with two attached hydrogens (primary N) is 1. The van der Waals surface area contributed by atoms with E-state index in [-0.39, 0.29) is 5.54 Å². The average molecular weight is 200 g/mol. The second-order valence-corrected chi connectivity index (χ2v) is 4.17. The second kappa shape index (κ2) is 3.63. The third kappa shape index (κ3) is 1.73. The molecule has 0 radical (unpaired) electrons. The van der Waals surface area contributed by atoms with Gasteiger partial charge < -0.3 is 5.73 Å². The first kappa shape index (κ1) is 10.1. The largest absolute Gasteiger partial charge is 0.322 e. The summed E-state index contributed by atoms with van der Waals surface area (Å²) in [5.74, 6) is 0. The van der Waals surface area contributed by atoms with E-state index < -0.39 is 0 Å². The molecule has 0 aliphatic carbocycles. The van der Waals surface area contributed by atoms with Crippen molar-refractivity contribution >= 4 is 10.8 Å². The number of pyridine rings is 1. The van der Waals surface area contributed by atoms with E-state index in [4.69, 9.17) is 5.73 Å². The quantitative estimate of drug-likeness (QED) is 0.809. The van der Waals surface area contributed by atoms with Crippen LogP contribution in [-0.4, -0.2) is 4.98 Å². The minimum Gasteiger partial charge on any atom is -0.322 e. The number of benzene rings is 1. The highest BCUT2D eigenvalue weighted by Gasteiger charge is 2.20. The van der Waals surface area contributed by atoms with E-state index in [9.17, 15) is 0 Å². The fourth-order valence-corrected chi connectivity index (χ4v) is 1.80. The number of nitrogens with zero attached hydrogens (tertiary/aromatic N) is 1. The van der Waals surface area contributed by atoms with Crippen molar-refractivity contribution in [3.63, 3.8) is 0 Å². The Labute approximate surface area is 90.1 Å². The Morgan fingerprint density at radius 1 is 1.33 bits per heavy atom. The maximum atomic E-state index is 6.28. The summed E-state index contributed by atoms with van der Waals surface area (Å²) in [5.41, 5.74) is 7.18. The van der Waals surface area contributed by atoms with Crippen molar-refractivity contribution in [2.45, 2.75) is 25.8 Å². The maximum absolute atomic E-state index is 6.28. The van der Waals surface area contributed by atoms with Crippen LogP contribution in [-0.2, 0) is 5.54 Å². The molecule has 0 amide bonds. The first-order valence-electron chi connectivity index (χ1n) is 5.27. The minimum atomic E-state index is -0.275. The Morgan fingerprint density at radius 3 is 2.87 bits per heavy atom. The van der Waals surface area contributed by atoms with Crippen LogP contribution >= 0.6 is 0 Å². The standard InChI is InChI=1S/C13H16N2/c1-3-13(2,14)12-6-4-5-10-7-8-15-9-11(10)12/h4-9H,3,14H2,1-2H3. The Morgan fingerprint density at radius 2 is 2.13 bits per heavy atom. The number of hydrogen-bond donors (Lipinski definition) is 1. The molecule has 2 aromatic rings. The van der Waals surface area contributed by atoms with Gasteiger partial charge in [-0.05, 0) is 30.4 Å². The van der Waals surface area contributed by atoms with Gasteiger partial charge in [-0.3, -0.25) is 4.98 Å². The Bertz CT molecular complexity index is 469. The molecule has 2 heteroatoms. The van der Waals surface area contributed by atoms with E-state index in [2.05, 4.69) is 37.0 Å². The lowest BCUT2D eigenvalue weighted by atomic mass is 9.87. The topological polar surface area (TPSA) is 38.9 Å². The summed E-state index contributed by atoms with van der Waals surface area (Å²) in [6.45, 7) is 4.17. The molecule has 78 valence electrons. The van der Waals surface area contributed by atoms with E-state index in [1.807, 2.05) is 18.5 Å². The molecule has 2 rings (SSSR count). The molecule has 1 atom stereocenters. The van der Waals surface area contributed by atoms with Crippen LogP contribution in [0, 0.1) is 0 Å². The van der Waals surface area contributed by atoms with E-state index in [1.54, 1.807) is 0 Å². The molecule has 0 spiro atoms. The van der Waals surface area contributed by atoms with Crippen molar-refractivity contribution < 1.29 is 0 Å². The van der Waals surface area contributed by atoms with Crippen LogP contribution in [0.25, 0.3) is 10.8 Å². The zero-order valence-electron chi connectivity index (χ0n) is 9.20. The molecule has 0 fully saturated rings. The summed E-state index contributed by atoms with van der Waals surface area (Å²) in [4.78, 5) is 4.17. The lowest BCUT2D eigenvalue weighted by Crippen LogP contribution is -2.32. The molecular formula is C13H16N2. The van der Waals surface area contributed by atoms with Crippen molar-refractivity contribution in [1.29, 1.82) is 0 Å². The van der Waals surface area contributed by atoms with Gasteiger partial charge in [0.15, 0.2) is 0 Å². The van der Waals surface area contributed by atoms with Gasteiger partial charge in [-0.15, -0.1) is 0 Å². The monoisotopic (exact) mass is 200 g/mol. The highest BCUT2D eigenvalue weighted by molar-refractivity contribution is 5.85. The number of aromatic nitrogens is 1. The zero-order chi connectivity index (χ0) is 10.9. The molecule has 0 bridgehead atoms. The normalized spacial score (nSPS) is 15.1. The number of rotatable bonds is 2. The molecule has 15 heavy (non-hydrogen) atoms. The summed E-state index contributed by atoms with van der Waals surface area (Å²) in [6, 6.07) is 8.25. The van der Waals surface area contributed by atoms with Crippen molar-refractivity contribution in [3.05, 3.63) is 42.2 Å². The second-order valence-electron chi connectivity index (χ2n) is 4.17. The molecule has 1 heterocycles. The van der Waals surface area contributed by atoms with Gasteiger partial charge in [0.2, 0.25) is 0 Å². The smallest absolute Gasteiger partial charge is 0.0385 e. The van der Waals surface area contributed by atoms with Gasteiger partial charge in [0.05, 0.1) is 0 Å². The average Bonchev–Trinajstić information content (AvgIpc) is 2.28. The molecule has 2 N–H and O–H groups in total. The third-order valence-corrected chi connectivity index (χ3v) is 3.03. The van der Waals surface area contributed by atoms with Crippen molar-refractivity contribution in [3.8, 4) is 0 Å². The van der Waals surface area contributed by atoms with E-state index in [1.165, 1.54) is 10.9 Å². The predicted molar refractivity (Wildman–Crippen MR) is 63.6 cm³/mol. The van der Waals surface area contributed by atoms with Crippen molar-refractivity contribution in [2.75, 3.05) is 0 Å². The van der Waals surface area contributed by atoms with Crippen LogP contribution in [0.1, 0.15) is 25.8 Å². The lowest BCUT2D eigenvalue weighted by Gasteiger charge is -2.24. The fraction of sp³-hybridized carbons (Fsp3) is 0.308. The summed E-state index contributed by atoms with van der Waals surface area (Å²) in [7, 11) is 0. The number of fused-ring (bicyclic) bond motifs is 1. The molecule has 1 aromatic carbocycles. The van der Waals surface area contributed by atoms with Crippen LogP contribution in [0.15, 0.2) is 36.7 Å². The van der Waals surface area contributed by atoms with Crippen LogP contribution in [0.5, 0.6) is 0 Å². The predicted octanol–water partition coefficient (Wildman–Crippen LogP) is 2.82. The highest BCUT2D eigenvalue weighted by Crippen LogP contribution is 2.28. The zero-order valence-corrected chi connectivity index (χ0v) is 9.20. The van der Waals surface area contributed by atoms with Crippen LogP contribution in [0.3, 0.4) is 0 Å². The first-order valence-corrected chi connectivity index (χ1v) is 5.27. The van der Waals surface area contributed by atoms with Crippen LogP contribution in [0.4, 0.5) is 0 Å². The SMILES string of the molecule is CCC(C)(N)c1cccc2ccncc12. The first-order chi connectivity index (χ1) is 7.15. The molecule has 2 nitrogen and oxygen atoms in total. The Hall–Kier alpha value is -1.41. The Kier molecular flexibility index (Phi) is 2.45. The molecular weight excluding hydrogens is 184 g/mol. The third-order valence-electron chi connectivity index (χ3n) is 3.03. The summed E-state index contributed by atoms with van der Waals surface area (Å²) in [5, 5.41) is 2.36. The fourth-order valence-electron chi connectivity index (χ4n) is 1.80. The van der Waals surface area contributed by atoms with Crippen LogP contribution in [0.2, 0.25) is 0 Å². The van der Waals surface area contributed by atoms with E-state index in [0.717, 1.165) is 11.8 Å². The number of hydrogen-bond acceptors (Lipinski definition) is 2. The summed E-state index contributed by atoms with van der Waals surface area (Å²) in [6.07, 6.45) is 4.62. The van der Waals surface area contributed by atoms with Gasteiger partial charge in [-0.2, -0.15) is 0 Å². The maximum Gasteiger partial charge on any atom is 0.0385 e. The molecule has 1 aromatic heterocycles. The molecule has 0 aliphatic rings. The molecule has 0 saturated heterocycles. The van der Waals surface area contributed by atoms with Gasteiger partial charge in [0, 0.05) is 23.3 Å². The van der Waals surface area contributed by atoms with Gasteiger partial charge in [0.1, 0.15) is 0 Å². The molecule has 1 unspecified atom stereocenters. The van der Waals surface area contributed by atoms with Gasteiger partial charge >= 0.3 is 0 Å². The van der Waals surface area contributed by atoms with E-state index in [0.29, 0.717) is 0 Å². The minimum absolute atomic E-state index is 0.275. The molecule has 0 saturated carbocycles. The van der Waals surface area contributed by atoms with Gasteiger partial charge in [0.25, 0.3) is 0 Å². The Balaban J connectivity index is 2.71. The van der Waals surface area contributed by atoms with Gasteiger partial charge in [-0.1, -0.05) is 25.1 Å². The highest BCUT2D eigenvalue weighted by atomic mass is 14.7. The van der Waals surface area contributed by atoms with Gasteiger partial charge in [-0.25, -0.2) is 0 Å². The van der Waals surface area contributed by atoms with Crippen LogP contribution < -0.4 is 5.73 Å². The summed E-state index contributed by atoms with van der Waals surface area (Å²) < 4.78 is 0. The summed E-state index contributed by atoms with van der Waals surface area (Å²) >= 11 is 0. The lowest BCUT2D eigenvalue weighted by molar-refractivity contribution is 0.480. The van der Waals surface area contributed by atoms with Crippen molar-refractivity contribution in [1.82, 2.24) is 4.98 Å².